The largest absolute Gasteiger partial charge is 0.398 e. The molecule has 0 saturated carbocycles. The molecule has 0 amide bonds. The third-order valence-electron chi connectivity index (χ3n) is 3.74. The second-order valence-electron chi connectivity index (χ2n) is 5.43. The van der Waals surface area contributed by atoms with E-state index in [1.165, 1.54) is 16.4 Å². The van der Waals surface area contributed by atoms with Crippen molar-refractivity contribution in [3.8, 4) is 0 Å². The fourth-order valence-electron chi connectivity index (χ4n) is 2.47. The van der Waals surface area contributed by atoms with Gasteiger partial charge in [-0.1, -0.05) is 11.6 Å². The standard InChI is InChI=1S/C13H19BrClN3O2S/c1-17(2)10-4-3-5-18(8-10)21(19,20)12-7-9(15)6-11(16)13(12)14/h6-7,10H,3-5,8,16H2,1-2H3. The molecule has 8 heteroatoms. The molecule has 1 heterocycles. The fourth-order valence-corrected chi connectivity index (χ4v) is 5.24. The Balaban J connectivity index is 2.38. The topological polar surface area (TPSA) is 66.6 Å². The summed E-state index contributed by atoms with van der Waals surface area (Å²) in [4.78, 5) is 2.19. The molecule has 2 N–H and O–H groups in total. The highest BCUT2D eigenvalue weighted by atomic mass is 79.9. The van der Waals surface area contributed by atoms with Crippen molar-refractivity contribution in [2.24, 2.45) is 0 Å². The van der Waals surface area contributed by atoms with Crippen LogP contribution < -0.4 is 5.73 Å². The molecule has 1 saturated heterocycles. The van der Waals surface area contributed by atoms with E-state index in [1.54, 1.807) is 0 Å². The van der Waals surface area contributed by atoms with E-state index in [9.17, 15) is 8.42 Å². The smallest absolute Gasteiger partial charge is 0.244 e. The number of halogens is 2. The van der Waals surface area contributed by atoms with Gasteiger partial charge in [-0.3, -0.25) is 0 Å². The minimum absolute atomic E-state index is 0.131. The molecular weight excluding hydrogens is 378 g/mol. The number of anilines is 1. The molecule has 5 nitrogen and oxygen atoms in total. The van der Waals surface area contributed by atoms with Crippen LogP contribution in [0.25, 0.3) is 0 Å². The molecule has 1 aliphatic rings. The highest BCUT2D eigenvalue weighted by molar-refractivity contribution is 9.10. The Kier molecular flexibility index (Phi) is 5.20. The zero-order valence-corrected chi connectivity index (χ0v) is 15.2. The fraction of sp³-hybridized carbons (Fsp3) is 0.538. The van der Waals surface area contributed by atoms with Crippen molar-refractivity contribution in [3.05, 3.63) is 21.6 Å². The van der Waals surface area contributed by atoms with Gasteiger partial charge in [0, 0.05) is 29.8 Å². The molecule has 21 heavy (non-hydrogen) atoms. The first-order chi connectivity index (χ1) is 9.73. The first-order valence-corrected chi connectivity index (χ1v) is 9.25. The monoisotopic (exact) mass is 395 g/mol. The lowest BCUT2D eigenvalue weighted by Gasteiger charge is -2.35. The van der Waals surface area contributed by atoms with Gasteiger partial charge in [-0.2, -0.15) is 4.31 Å². The molecule has 0 aliphatic carbocycles. The Hall–Kier alpha value is -0.340. The lowest BCUT2D eigenvalue weighted by molar-refractivity contribution is 0.190. The number of nitrogen functional groups attached to an aromatic ring is 1. The normalized spacial score (nSPS) is 20.9. The Bertz CT molecular complexity index is 637. The summed E-state index contributed by atoms with van der Waals surface area (Å²) in [6.07, 6.45) is 1.84. The third-order valence-corrected chi connectivity index (χ3v) is 6.99. The Morgan fingerprint density at radius 2 is 2.10 bits per heavy atom. The van der Waals surface area contributed by atoms with Crippen LogP contribution in [-0.2, 0) is 10.0 Å². The molecule has 1 aromatic rings. The molecule has 1 atom stereocenters. The average Bonchev–Trinajstić information content (AvgIpc) is 2.42. The second kappa shape index (κ2) is 6.42. The summed E-state index contributed by atoms with van der Waals surface area (Å²) in [5.74, 6) is 0. The molecule has 0 radical (unpaired) electrons. The van der Waals surface area contributed by atoms with E-state index in [-0.39, 0.29) is 10.9 Å². The number of rotatable bonds is 3. The Morgan fingerprint density at radius 3 is 2.71 bits per heavy atom. The van der Waals surface area contributed by atoms with E-state index in [1.807, 2.05) is 14.1 Å². The molecule has 1 unspecified atom stereocenters. The number of nitrogens with two attached hydrogens (primary N) is 1. The lowest BCUT2D eigenvalue weighted by Crippen LogP contribution is -2.47. The van der Waals surface area contributed by atoms with Crippen molar-refractivity contribution in [1.82, 2.24) is 9.21 Å². The molecule has 1 fully saturated rings. The molecule has 0 spiro atoms. The number of sulfonamides is 1. The van der Waals surface area contributed by atoms with Crippen molar-refractivity contribution in [3.63, 3.8) is 0 Å². The summed E-state index contributed by atoms with van der Waals surface area (Å²) in [5.41, 5.74) is 6.12. The van der Waals surface area contributed by atoms with Crippen molar-refractivity contribution in [1.29, 1.82) is 0 Å². The minimum Gasteiger partial charge on any atom is -0.398 e. The molecule has 0 bridgehead atoms. The van der Waals surface area contributed by atoms with Crippen LogP contribution in [0.2, 0.25) is 5.02 Å². The van der Waals surface area contributed by atoms with Crippen LogP contribution in [-0.4, -0.2) is 50.8 Å². The van der Waals surface area contributed by atoms with Crippen LogP contribution in [0.1, 0.15) is 12.8 Å². The van der Waals surface area contributed by atoms with Gasteiger partial charge in [0.05, 0.1) is 9.37 Å². The molecule has 118 valence electrons. The van der Waals surface area contributed by atoms with Crippen molar-refractivity contribution < 1.29 is 8.42 Å². The van der Waals surface area contributed by atoms with Gasteiger partial charge >= 0.3 is 0 Å². The van der Waals surface area contributed by atoms with Gasteiger partial charge in [-0.15, -0.1) is 0 Å². The molecule has 1 aromatic carbocycles. The van der Waals surface area contributed by atoms with E-state index in [0.717, 1.165) is 12.8 Å². The molecular formula is C13H19BrClN3O2S. The highest BCUT2D eigenvalue weighted by Gasteiger charge is 2.32. The van der Waals surface area contributed by atoms with Crippen LogP contribution in [0.3, 0.4) is 0 Å². The average molecular weight is 397 g/mol. The first kappa shape index (κ1) is 17.0. The molecule has 0 aromatic heterocycles. The quantitative estimate of drug-likeness (QED) is 0.797. The van der Waals surface area contributed by atoms with Gasteiger partial charge in [-0.25, -0.2) is 8.42 Å². The maximum Gasteiger partial charge on any atom is 0.244 e. The van der Waals surface area contributed by atoms with Gasteiger partial charge in [0.2, 0.25) is 10.0 Å². The van der Waals surface area contributed by atoms with Crippen LogP contribution in [0.15, 0.2) is 21.5 Å². The number of hydrogen-bond acceptors (Lipinski definition) is 4. The Morgan fingerprint density at radius 1 is 1.43 bits per heavy atom. The number of likely N-dealkylation sites (N-methyl/N-ethyl adjacent to an activating group) is 1. The number of benzene rings is 1. The number of nitrogens with zero attached hydrogens (tertiary/aromatic N) is 2. The van der Waals surface area contributed by atoms with Crippen LogP contribution >= 0.6 is 27.5 Å². The van der Waals surface area contributed by atoms with E-state index in [4.69, 9.17) is 17.3 Å². The number of piperidine rings is 1. The summed E-state index contributed by atoms with van der Waals surface area (Å²) in [7, 11) is 0.324. The van der Waals surface area contributed by atoms with E-state index in [2.05, 4.69) is 20.8 Å². The molecule has 2 rings (SSSR count). The number of hydrogen-bond donors (Lipinski definition) is 1. The minimum atomic E-state index is -3.61. The van der Waals surface area contributed by atoms with Crippen LogP contribution in [0.4, 0.5) is 5.69 Å². The SMILES string of the molecule is CN(C)C1CCCN(S(=O)(=O)c2cc(Cl)cc(N)c2Br)C1. The van der Waals surface area contributed by atoms with E-state index >= 15 is 0 Å². The predicted octanol–water partition coefficient (Wildman–Crippen LogP) is 2.40. The maximum absolute atomic E-state index is 12.8. The second-order valence-corrected chi connectivity index (χ2v) is 8.57. The summed E-state index contributed by atoms with van der Waals surface area (Å²) in [6.45, 7) is 1.000. The van der Waals surface area contributed by atoms with E-state index < -0.39 is 10.0 Å². The van der Waals surface area contributed by atoms with Gasteiger partial charge in [-0.05, 0) is 55.0 Å². The van der Waals surface area contributed by atoms with Crippen LogP contribution in [0.5, 0.6) is 0 Å². The van der Waals surface area contributed by atoms with Crippen molar-refractivity contribution in [2.75, 3.05) is 32.9 Å². The lowest BCUT2D eigenvalue weighted by atomic mass is 10.1. The Labute approximate surface area is 139 Å². The molecule has 1 aliphatic heterocycles. The van der Waals surface area contributed by atoms with Gasteiger partial charge < -0.3 is 10.6 Å². The van der Waals surface area contributed by atoms with Crippen LogP contribution in [0, 0.1) is 0 Å². The maximum atomic E-state index is 12.8. The van der Waals surface area contributed by atoms with Gasteiger partial charge in [0.25, 0.3) is 0 Å². The third kappa shape index (κ3) is 3.53. The summed E-state index contributed by atoms with van der Waals surface area (Å²) in [6, 6.07) is 3.20. The van der Waals surface area contributed by atoms with Gasteiger partial charge in [0.15, 0.2) is 0 Å². The highest BCUT2D eigenvalue weighted by Crippen LogP contribution is 2.34. The van der Waals surface area contributed by atoms with E-state index in [0.29, 0.717) is 28.3 Å². The summed E-state index contributed by atoms with van der Waals surface area (Å²) >= 11 is 9.22. The van der Waals surface area contributed by atoms with Gasteiger partial charge in [0.1, 0.15) is 0 Å². The summed E-state index contributed by atoms with van der Waals surface area (Å²) < 4.78 is 27.6. The predicted molar refractivity (Wildman–Crippen MR) is 89.0 cm³/mol. The first-order valence-electron chi connectivity index (χ1n) is 6.64. The summed E-state index contributed by atoms with van der Waals surface area (Å²) in [5, 5.41) is 0.315. The van der Waals surface area contributed by atoms with Crippen molar-refractivity contribution in [2.45, 2.75) is 23.8 Å². The zero-order valence-electron chi connectivity index (χ0n) is 12.0. The van der Waals surface area contributed by atoms with Crippen molar-refractivity contribution >= 4 is 43.2 Å². The zero-order chi connectivity index (χ0) is 15.8.